The second-order valence-electron chi connectivity index (χ2n) is 4.60. The summed E-state index contributed by atoms with van der Waals surface area (Å²) in [7, 11) is 1.61. The van der Waals surface area contributed by atoms with Crippen LogP contribution in [0.25, 0.3) is 0 Å². The third-order valence-corrected chi connectivity index (χ3v) is 3.06. The molecular weight excluding hydrogens is 266 g/mol. The first kappa shape index (κ1) is 14.8. The molecule has 110 valence electrons. The van der Waals surface area contributed by atoms with Gasteiger partial charge in [-0.1, -0.05) is 0 Å². The van der Waals surface area contributed by atoms with E-state index >= 15 is 0 Å². The van der Waals surface area contributed by atoms with Crippen LogP contribution in [0.5, 0.6) is 5.75 Å². The van der Waals surface area contributed by atoms with Gasteiger partial charge in [-0.05, 0) is 49.7 Å². The first-order valence-electron chi connectivity index (χ1n) is 6.80. The Morgan fingerprint density at radius 1 is 1.29 bits per heavy atom. The van der Waals surface area contributed by atoms with Gasteiger partial charge < -0.3 is 15.4 Å². The lowest BCUT2D eigenvalue weighted by Crippen LogP contribution is -2.14. The molecule has 1 heterocycles. The van der Waals surface area contributed by atoms with Crippen molar-refractivity contribution in [3.05, 3.63) is 47.8 Å². The number of methoxy groups -OCH3 is 1. The Bertz CT molecular complexity index is 641. The molecule has 0 unspecified atom stereocenters. The number of pyridine rings is 1. The van der Waals surface area contributed by atoms with Gasteiger partial charge in [-0.25, -0.2) is 0 Å². The van der Waals surface area contributed by atoms with Crippen molar-refractivity contribution in [2.75, 3.05) is 24.3 Å². The van der Waals surface area contributed by atoms with Crippen molar-refractivity contribution in [2.24, 2.45) is 0 Å². The minimum absolute atomic E-state index is 0.233. The van der Waals surface area contributed by atoms with Crippen molar-refractivity contribution < 1.29 is 9.53 Å². The number of amides is 1. The Labute approximate surface area is 124 Å². The Hall–Kier alpha value is -2.56. The topological polar surface area (TPSA) is 63.2 Å². The molecule has 0 fully saturated rings. The fourth-order valence-corrected chi connectivity index (χ4v) is 1.96. The molecule has 0 aliphatic carbocycles. The summed E-state index contributed by atoms with van der Waals surface area (Å²) in [5, 5.41) is 6.02. The maximum Gasteiger partial charge on any atom is 0.274 e. The van der Waals surface area contributed by atoms with E-state index in [1.807, 2.05) is 38.1 Å². The molecule has 0 saturated heterocycles. The zero-order valence-corrected chi connectivity index (χ0v) is 12.4. The third-order valence-electron chi connectivity index (χ3n) is 3.06. The second kappa shape index (κ2) is 6.74. The van der Waals surface area contributed by atoms with Crippen molar-refractivity contribution in [3.8, 4) is 5.75 Å². The zero-order valence-electron chi connectivity index (χ0n) is 12.4. The van der Waals surface area contributed by atoms with Crippen LogP contribution < -0.4 is 15.4 Å². The Morgan fingerprint density at radius 2 is 2.10 bits per heavy atom. The van der Waals surface area contributed by atoms with E-state index in [9.17, 15) is 4.79 Å². The fourth-order valence-electron chi connectivity index (χ4n) is 1.96. The Morgan fingerprint density at radius 3 is 2.76 bits per heavy atom. The van der Waals surface area contributed by atoms with Gasteiger partial charge in [-0.2, -0.15) is 0 Å². The van der Waals surface area contributed by atoms with Gasteiger partial charge in [0.15, 0.2) is 0 Å². The monoisotopic (exact) mass is 285 g/mol. The van der Waals surface area contributed by atoms with E-state index in [1.54, 1.807) is 19.4 Å². The number of carbonyl (C=O) groups is 1. The zero-order chi connectivity index (χ0) is 15.2. The first-order valence-corrected chi connectivity index (χ1v) is 6.80. The highest BCUT2D eigenvalue weighted by Crippen LogP contribution is 2.21. The maximum atomic E-state index is 12.2. The fraction of sp³-hybridized carbons (Fsp3) is 0.250. The van der Waals surface area contributed by atoms with Crippen LogP contribution in [-0.2, 0) is 0 Å². The summed E-state index contributed by atoms with van der Waals surface area (Å²) in [6, 6.07) is 9.07. The lowest BCUT2D eigenvalue weighted by atomic mass is 10.2. The summed E-state index contributed by atoms with van der Waals surface area (Å²) in [6.45, 7) is 4.71. The molecule has 0 atom stereocenters. The van der Waals surface area contributed by atoms with Crippen LogP contribution in [0.2, 0.25) is 0 Å². The minimum atomic E-state index is -0.233. The van der Waals surface area contributed by atoms with E-state index in [4.69, 9.17) is 4.74 Å². The van der Waals surface area contributed by atoms with Crippen LogP contribution in [0.15, 0.2) is 36.5 Å². The Balaban J connectivity index is 2.16. The van der Waals surface area contributed by atoms with Gasteiger partial charge in [0, 0.05) is 24.1 Å². The number of nitrogens with one attached hydrogen (secondary N) is 2. The summed E-state index contributed by atoms with van der Waals surface area (Å²) in [4.78, 5) is 16.3. The molecule has 0 aliphatic heterocycles. The van der Waals surface area contributed by atoms with Crippen LogP contribution >= 0.6 is 0 Å². The van der Waals surface area contributed by atoms with Gasteiger partial charge in [-0.15, -0.1) is 0 Å². The van der Waals surface area contributed by atoms with Crippen molar-refractivity contribution in [3.63, 3.8) is 0 Å². The van der Waals surface area contributed by atoms with E-state index in [0.717, 1.165) is 29.2 Å². The Kier molecular flexibility index (Phi) is 4.77. The molecule has 2 N–H and O–H groups in total. The molecule has 0 saturated carbocycles. The second-order valence-corrected chi connectivity index (χ2v) is 4.60. The summed E-state index contributed by atoms with van der Waals surface area (Å²) < 4.78 is 5.15. The molecule has 1 aromatic carbocycles. The van der Waals surface area contributed by atoms with Gasteiger partial charge in [0.1, 0.15) is 11.4 Å². The molecule has 1 amide bonds. The van der Waals surface area contributed by atoms with E-state index < -0.39 is 0 Å². The van der Waals surface area contributed by atoms with Crippen molar-refractivity contribution >= 4 is 17.3 Å². The SMILES string of the molecule is CCNc1ccnc(C(=O)Nc2ccc(OC)cc2C)c1. The molecule has 0 bridgehead atoms. The molecule has 21 heavy (non-hydrogen) atoms. The van der Waals surface area contributed by atoms with Gasteiger partial charge >= 0.3 is 0 Å². The standard InChI is InChI=1S/C16H19N3O2/c1-4-17-12-7-8-18-15(10-12)16(20)19-14-6-5-13(21-3)9-11(14)2/h5-10H,4H2,1-3H3,(H,17,18)(H,19,20). The van der Waals surface area contributed by atoms with E-state index in [1.165, 1.54) is 0 Å². The molecular formula is C16H19N3O2. The molecule has 5 nitrogen and oxygen atoms in total. The normalized spacial score (nSPS) is 10.0. The smallest absolute Gasteiger partial charge is 0.274 e. The molecule has 0 radical (unpaired) electrons. The number of hydrogen-bond acceptors (Lipinski definition) is 4. The number of aryl methyl sites for hydroxylation is 1. The first-order chi connectivity index (χ1) is 10.1. The lowest BCUT2D eigenvalue weighted by Gasteiger charge is -2.10. The van der Waals surface area contributed by atoms with Crippen molar-refractivity contribution in [2.45, 2.75) is 13.8 Å². The van der Waals surface area contributed by atoms with Crippen molar-refractivity contribution in [1.82, 2.24) is 4.98 Å². The predicted octanol–water partition coefficient (Wildman–Crippen LogP) is 3.08. The predicted molar refractivity (Wildman–Crippen MR) is 84.1 cm³/mol. The number of benzene rings is 1. The van der Waals surface area contributed by atoms with Crippen LogP contribution in [0.1, 0.15) is 23.0 Å². The average Bonchev–Trinajstić information content (AvgIpc) is 2.50. The minimum Gasteiger partial charge on any atom is -0.497 e. The lowest BCUT2D eigenvalue weighted by molar-refractivity contribution is 0.102. The van der Waals surface area contributed by atoms with E-state index in [0.29, 0.717) is 5.69 Å². The quantitative estimate of drug-likeness (QED) is 0.886. The highest BCUT2D eigenvalue weighted by molar-refractivity contribution is 6.03. The van der Waals surface area contributed by atoms with Crippen LogP contribution in [-0.4, -0.2) is 24.5 Å². The van der Waals surface area contributed by atoms with E-state index in [-0.39, 0.29) is 5.91 Å². The van der Waals surface area contributed by atoms with E-state index in [2.05, 4.69) is 15.6 Å². The summed E-state index contributed by atoms with van der Waals surface area (Å²) in [5.41, 5.74) is 2.94. The summed E-state index contributed by atoms with van der Waals surface area (Å²) in [5.74, 6) is 0.529. The molecule has 2 rings (SSSR count). The van der Waals surface area contributed by atoms with Gasteiger partial charge in [-0.3, -0.25) is 9.78 Å². The third kappa shape index (κ3) is 3.72. The van der Waals surface area contributed by atoms with Crippen molar-refractivity contribution in [1.29, 1.82) is 0 Å². The van der Waals surface area contributed by atoms with Gasteiger partial charge in [0.2, 0.25) is 0 Å². The molecule has 5 heteroatoms. The van der Waals surface area contributed by atoms with Crippen LogP contribution in [0.3, 0.4) is 0 Å². The average molecular weight is 285 g/mol. The van der Waals surface area contributed by atoms with Gasteiger partial charge in [0.05, 0.1) is 7.11 Å². The highest BCUT2D eigenvalue weighted by atomic mass is 16.5. The summed E-state index contributed by atoms with van der Waals surface area (Å²) >= 11 is 0. The number of anilines is 2. The number of carbonyl (C=O) groups excluding carboxylic acids is 1. The molecule has 1 aromatic heterocycles. The highest BCUT2D eigenvalue weighted by Gasteiger charge is 2.10. The maximum absolute atomic E-state index is 12.2. The molecule has 0 spiro atoms. The van der Waals surface area contributed by atoms with Crippen LogP contribution in [0.4, 0.5) is 11.4 Å². The number of ether oxygens (including phenoxy) is 1. The number of hydrogen-bond donors (Lipinski definition) is 2. The number of nitrogens with zero attached hydrogens (tertiary/aromatic N) is 1. The van der Waals surface area contributed by atoms with Gasteiger partial charge in [0.25, 0.3) is 5.91 Å². The largest absolute Gasteiger partial charge is 0.497 e. The number of rotatable bonds is 5. The number of aromatic nitrogens is 1. The molecule has 2 aromatic rings. The summed E-state index contributed by atoms with van der Waals surface area (Å²) in [6.07, 6.45) is 1.62. The molecule has 0 aliphatic rings. The van der Waals surface area contributed by atoms with Crippen LogP contribution in [0, 0.1) is 6.92 Å².